The maximum absolute atomic E-state index is 13.5. The minimum atomic E-state index is -3.76. The molecule has 1 atom stereocenters. The second kappa shape index (κ2) is 7.55. The molecule has 0 aliphatic heterocycles. The number of hydrogen-bond donors (Lipinski definition) is 2. The molecule has 9 heteroatoms. The molecule has 6 nitrogen and oxygen atoms in total. The van der Waals surface area contributed by atoms with Gasteiger partial charge in [0.25, 0.3) is 5.91 Å². The number of amides is 1. The second-order valence-corrected chi connectivity index (χ2v) is 7.86. The van der Waals surface area contributed by atoms with Gasteiger partial charge in [0.05, 0.1) is 0 Å². The van der Waals surface area contributed by atoms with Crippen molar-refractivity contribution in [2.24, 2.45) is 7.05 Å². The van der Waals surface area contributed by atoms with E-state index in [2.05, 4.69) is 10.0 Å². The van der Waals surface area contributed by atoms with Crippen molar-refractivity contribution in [2.75, 3.05) is 5.32 Å². The number of nitrogens with one attached hydrogen (secondary N) is 2. The summed E-state index contributed by atoms with van der Waals surface area (Å²) >= 11 is 0. The van der Waals surface area contributed by atoms with Crippen LogP contribution in [0.2, 0.25) is 0 Å². The van der Waals surface area contributed by atoms with E-state index in [1.165, 1.54) is 36.9 Å². The van der Waals surface area contributed by atoms with Crippen LogP contribution in [0.3, 0.4) is 0 Å². The Labute approximate surface area is 151 Å². The maximum atomic E-state index is 13.5. The Balaban J connectivity index is 2.27. The molecule has 1 aromatic carbocycles. The van der Waals surface area contributed by atoms with Gasteiger partial charge in [0, 0.05) is 31.0 Å². The third kappa shape index (κ3) is 4.28. The van der Waals surface area contributed by atoms with Crippen molar-refractivity contribution in [3.05, 3.63) is 47.3 Å². The number of halogens is 2. The fourth-order valence-corrected chi connectivity index (χ4v) is 3.71. The number of sulfonamides is 1. The number of aryl methyl sites for hydroxylation is 2. The van der Waals surface area contributed by atoms with Crippen molar-refractivity contribution in [1.29, 1.82) is 0 Å². The van der Waals surface area contributed by atoms with Crippen LogP contribution >= 0.6 is 0 Å². The summed E-state index contributed by atoms with van der Waals surface area (Å²) in [4.78, 5) is 12.3. The van der Waals surface area contributed by atoms with Gasteiger partial charge in [0.1, 0.15) is 10.6 Å². The monoisotopic (exact) mass is 385 g/mol. The summed E-state index contributed by atoms with van der Waals surface area (Å²) in [6.07, 6.45) is 1.94. The average Bonchev–Trinajstić information content (AvgIpc) is 2.95. The molecule has 2 rings (SSSR count). The fourth-order valence-electron chi connectivity index (χ4n) is 2.32. The van der Waals surface area contributed by atoms with Crippen LogP contribution in [0, 0.1) is 18.6 Å². The topological polar surface area (TPSA) is 80.2 Å². The number of aromatic nitrogens is 1. The van der Waals surface area contributed by atoms with Crippen LogP contribution in [0.15, 0.2) is 29.3 Å². The third-order valence-corrected chi connectivity index (χ3v) is 5.52. The molecule has 26 heavy (non-hydrogen) atoms. The summed E-state index contributed by atoms with van der Waals surface area (Å²) in [6, 6.07) is 3.14. The van der Waals surface area contributed by atoms with Gasteiger partial charge in [-0.15, -0.1) is 0 Å². The number of hydrogen-bond acceptors (Lipinski definition) is 3. The van der Waals surface area contributed by atoms with Crippen molar-refractivity contribution in [3.8, 4) is 0 Å². The van der Waals surface area contributed by atoms with Gasteiger partial charge in [-0.2, -0.15) is 0 Å². The number of nitrogens with zero attached hydrogens (tertiary/aromatic N) is 1. The molecule has 0 aliphatic rings. The Hall–Kier alpha value is -2.26. The number of carbonyl (C=O) groups excluding carboxylic acids is 1. The standard InChI is InChI=1S/C17H21F2N3O3S/c1-5-11(3)21-26(24,25)13-8-15(22(4)9-13)17(23)20-12-6-10(2)16(19)14(18)7-12/h6-9,11,21H,5H2,1-4H3,(H,20,23)/t11-/m1/s1. The van der Waals surface area contributed by atoms with E-state index in [-0.39, 0.29) is 27.9 Å². The molecule has 2 N–H and O–H groups in total. The van der Waals surface area contributed by atoms with Gasteiger partial charge in [-0.1, -0.05) is 6.92 Å². The van der Waals surface area contributed by atoms with Gasteiger partial charge in [0.15, 0.2) is 11.6 Å². The molecular weight excluding hydrogens is 364 g/mol. The predicted molar refractivity (Wildman–Crippen MR) is 94.5 cm³/mol. The predicted octanol–water partition coefficient (Wildman–Crippen LogP) is 2.94. The minimum Gasteiger partial charge on any atom is -0.345 e. The molecule has 0 aliphatic carbocycles. The zero-order valence-corrected chi connectivity index (χ0v) is 15.7. The minimum absolute atomic E-state index is 0.0492. The van der Waals surface area contributed by atoms with Crippen LogP contribution in [0.5, 0.6) is 0 Å². The van der Waals surface area contributed by atoms with Crippen molar-refractivity contribution < 1.29 is 22.0 Å². The van der Waals surface area contributed by atoms with E-state index >= 15 is 0 Å². The Bertz CT molecular complexity index is 916. The molecule has 142 valence electrons. The van der Waals surface area contributed by atoms with Crippen molar-refractivity contribution >= 4 is 21.6 Å². The first-order valence-corrected chi connectivity index (χ1v) is 9.49. The normalized spacial score (nSPS) is 12.8. The molecule has 1 aromatic heterocycles. The lowest BCUT2D eigenvalue weighted by Gasteiger charge is -2.10. The molecule has 0 spiro atoms. The van der Waals surface area contributed by atoms with Crippen molar-refractivity contribution in [3.63, 3.8) is 0 Å². The lowest BCUT2D eigenvalue weighted by Crippen LogP contribution is -2.31. The number of anilines is 1. The Morgan fingerprint density at radius 2 is 1.92 bits per heavy atom. The Morgan fingerprint density at radius 1 is 1.27 bits per heavy atom. The largest absolute Gasteiger partial charge is 0.345 e. The lowest BCUT2D eigenvalue weighted by molar-refractivity contribution is 0.101. The van der Waals surface area contributed by atoms with E-state index in [4.69, 9.17) is 0 Å². The molecule has 0 fully saturated rings. The molecule has 0 saturated carbocycles. The zero-order chi connectivity index (χ0) is 19.6. The van der Waals surface area contributed by atoms with Gasteiger partial charge in [0.2, 0.25) is 10.0 Å². The van der Waals surface area contributed by atoms with Crippen LogP contribution in [-0.4, -0.2) is 24.9 Å². The average molecular weight is 385 g/mol. The highest BCUT2D eigenvalue weighted by molar-refractivity contribution is 7.89. The van der Waals surface area contributed by atoms with E-state index in [0.717, 1.165) is 6.07 Å². The molecule has 1 heterocycles. The van der Waals surface area contributed by atoms with Gasteiger partial charge in [-0.05, 0) is 38.0 Å². The van der Waals surface area contributed by atoms with Crippen molar-refractivity contribution in [1.82, 2.24) is 9.29 Å². The summed E-state index contributed by atoms with van der Waals surface area (Å²) in [7, 11) is -2.24. The first kappa shape index (κ1) is 20.1. The summed E-state index contributed by atoms with van der Waals surface area (Å²) in [5, 5.41) is 2.44. The van der Waals surface area contributed by atoms with Crippen LogP contribution in [0.4, 0.5) is 14.5 Å². The molecule has 1 amide bonds. The van der Waals surface area contributed by atoms with Gasteiger partial charge in [-0.25, -0.2) is 21.9 Å². The van der Waals surface area contributed by atoms with E-state index in [0.29, 0.717) is 6.42 Å². The fraction of sp³-hybridized carbons (Fsp3) is 0.353. The second-order valence-electron chi connectivity index (χ2n) is 6.15. The summed E-state index contributed by atoms with van der Waals surface area (Å²) in [5.41, 5.74) is 0.194. The van der Waals surface area contributed by atoms with Crippen LogP contribution in [0.25, 0.3) is 0 Å². The quantitative estimate of drug-likeness (QED) is 0.802. The summed E-state index contributed by atoms with van der Waals surface area (Å²) in [6.45, 7) is 4.96. The molecule has 0 unspecified atom stereocenters. The number of benzene rings is 1. The highest BCUT2D eigenvalue weighted by Gasteiger charge is 2.22. The Morgan fingerprint density at radius 3 is 2.50 bits per heavy atom. The van der Waals surface area contributed by atoms with Gasteiger partial charge < -0.3 is 9.88 Å². The molecule has 0 radical (unpaired) electrons. The summed E-state index contributed by atoms with van der Waals surface area (Å²) in [5.74, 6) is -2.69. The third-order valence-electron chi connectivity index (χ3n) is 3.96. The lowest BCUT2D eigenvalue weighted by atomic mass is 10.2. The highest BCUT2D eigenvalue weighted by atomic mass is 32.2. The number of carbonyl (C=O) groups is 1. The number of rotatable bonds is 6. The Kier molecular flexibility index (Phi) is 5.82. The SMILES string of the molecule is CC[C@@H](C)NS(=O)(=O)c1cc(C(=O)Nc2cc(C)c(F)c(F)c2)n(C)c1. The van der Waals surface area contributed by atoms with E-state index in [1.54, 1.807) is 6.92 Å². The highest BCUT2D eigenvalue weighted by Crippen LogP contribution is 2.20. The summed E-state index contributed by atoms with van der Waals surface area (Å²) < 4.78 is 55.3. The molecule has 0 bridgehead atoms. The maximum Gasteiger partial charge on any atom is 0.272 e. The molecular formula is C17H21F2N3O3S. The van der Waals surface area contributed by atoms with Crippen LogP contribution < -0.4 is 10.0 Å². The van der Waals surface area contributed by atoms with Crippen LogP contribution in [0.1, 0.15) is 36.3 Å². The smallest absolute Gasteiger partial charge is 0.272 e. The van der Waals surface area contributed by atoms with Gasteiger partial charge >= 0.3 is 0 Å². The van der Waals surface area contributed by atoms with Gasteiger partial charge in [-0.3, -0.25) is 4.79 Å². The molecule has 0 saturated heterocycles. The first-order chi connectivity index (χ1) is 12.0. The van der Waals surface area contributed by atoms with E-state index in [1.807, 2.05) is 6.92 Å². The first-order valence-electron chi connectivity index (χ1n) is 8.00. The van der Waals surface area contributed by atoms with E-state index < -0.39 is 27.6 Å². The zero-order valence-electron chi connectivity index (χ0n) is 14.9. The van der Waals surface area contributed by atoms with Crippen molar-refractivity contribution in [2.45, 2.75) is 38.1 Å². The van der Waals surface area contributed by atoms with E-state index in [9.17, 15) is 22.0 Å². The molecule has 2 aromatic rings. The van der Waals surface area contributed by atoms with Crippen LogP contribution in [-0.2, 0) is 17.1 Å².